The highest BCUT2D eigenvalue weighted by Crippen LogP contribution is 2.11. The topological polar surface area (TPSA) is 82.8 Å². The summed E-state index contributed by atoms with van der Waals surface area (Å²) in [6.45, 7) is -0.0814. The van der Waals surface area contributed by atoms with Gasteiger partial charge in [-0.05, 0) is 11.6 Å². The Hall–Kier alpha value is -2.08. The van der Waals surface area contributed by atoms with Gasteiger partial charge in [-0.2, -0.15) is 0 Å². The van der Waals surface area contributed by atoms with Gasteiger partial charge in [0.05, 0.1) is 18.7 Å². The van der Waals surface area contributed by atoms with Crippen LogP contribution in [-0.2, 0) is 16.2 Å². The number of carbonyl (C=O) groups excluding carboxylic acids is 1. The van der Waals surface area contributed by atoms with Gasteiger partial charge < -0.3 is 10.2 Å². The smallest absolute Gasteiger partial charge is 0.333 e. The van der Waals surface area contributed by atoms with Crippen LogP contribution in [0.4, 0.5) is 0 Å². The van der Waals surface area contributed by atoms with Crippen molar-refractivity contribution in [2.45, 2.75) is 6.61 Å². The van der Waals surface area contributed by atoms with Crippen LogP contribution in [0.25, 0.3) is 0 Å². The van der Waals surface area contributed by atoms with E-state index < -0.39 is 5.97 Å². The SMILES string of the molecule is O=C(O)C1=CC(=O)N(n2ccc(CO)c2)C1. The lowest BCUT2D eigenvalue weighted by Crippen LogP contribution is -2.36. The van der Waals surface area contributed by atoms with Gasteiger partial charge in [0.2, 0.25) is 0 Å². The van der Waals surface area contributed by atoms with Crippen molar-refractivity contribution in [3.8, 4) is 0 Å². The van der Waals surface area contributed by atoms with Gasteiger partial charge in [0, 0.05) is 18.5 Å². The van der Waals surface area contributed by atoms with Crippen molar-refractivity contribution in [3.05, 3.63) is 35.7 Å². The average Bonchev–Trinajstić information content (AvgIpc) is 2.83. The minimum Gasteiger partial charge on any atom is -0.478 e. The van der Waals surface area contributed by atoms with Gasteiger partial charge in [0.1, 0.15) is 0 Å². The molecule has 0 bridgehead atoms. The number of amides is 1. The van der Waals surface area contributed by atoms with E-state index in [0.717, 1.165) is 6.08 Å². The Morgan fingerprint density at radius 1 is 1.50 bits per heavy atom. The first-order valence-corrected chi connectivity index (χ1v) is 4.65. The van der Waals surface area contributed by atoms with Crippen LogP contribution < -0.4 is 5.01 Å². The van der Waals surface area contributed by atoms with Crippen molar-refractivity contribution in [2.24, 2.45) is 0 Å². The molecule has 0 saturated heterocycles. The highest BCUT2D eigenvalue weighted by molar-refractivity contribution is 6.07. The van der Waals surface area contributed by atoms with Crippen LogP contribution in [0.2, 0.25) is 0 Å². The molecule has 1 amide bonds. The molecule has 84 valence electrons. The van der Waals surface area contributed by atoms with Gasteiger partial charge in [-0.25, -0.2) is 9.80 Å². The summed E-state index contributed by atoms with van der Waals surface area (Å²) < 4.78 is 1.47. The van der Waals surface area contributed by atoms with Crippen LogP contribution in [0.1, 0.15) is 5.56 Å². The zero-order chi connectivity index (χ0) is 11.7. The predicted molar refractivity (Wildman–Crippen MR) is 54.2 cm³/mol. The van der Waals surface area contributed by atoms with E-state index in [1.165, 1.54) is 9.69 Å². The van der Waals surface area contributed by atoms with Crippen LogP contribution in [0.5, 0.6) is 0 Å². The first kappa shape index (κ1) is 10.4. The number of hydrogen-bond donors (Lipinski definition) is 2. The molecular formula is C10H10N2O4. The molecule has 16 heavy (non-hydrogen) atoms. The summed E-state index contributed by atoms with van der Waals surface area (Å²) >= 11 is 0. The minimum absolute atomic E-state index is 0.0354. The third kappa shape index (κ3) is 1.70. The van der Waals surface area contributed by atoms with Gasteiger partial charge in [0.25, 0.3) is 5.91 Å². The normalized spacial score (nSPS) is 15.4. The molecule has 2 N–H and O–H groups in total. The number of aliphatic hydroxyl groups excluding tert-OH is 1. The molecule has 2 heterocycles. The van der Waals surface area contributed by atoms with E-state index in [0.29, 0.717) is 5.56 Å². The maximum absolute atomic E-state index is 11.5. The number of aliphatic hydroxyl groups is 1. The lowest BCUT2D eigenvalue weighted by atomic mass is 10.3. The Labute approximate surface area is 91.0 Å². The second-order valence-electron chi connectivity index (χ2n) is 3.43. The van der Waals surface area contributed by atoms with Crippen LogP contribution in [0.15, 0.2) is 30.1 Å². The molecular weight excluding hydrogens is 212 g/mol. The van der Waals surface area contributed by atoms with Crippen molar-refractivity contribution in [1.82, 2.24) is 4.68 Å². The summed E-state index contributed by atoms with van der Waals surface area (Å²) in [5.41, 5.74) is 0.723. The molecule has 0 atom stereocenters. The van der Waals surface area contributed by atoms with E-state index in [9.17, 15) is 9.59 Å². The molecule has 0 spiro atoms. The molecule has 1 aromatic rings. The summed E-state index contributed by atoms with van der Waals surface area (Å²) in [6.07, 6.45) is 4.28. The van der Waals surface area contributed by atoms with E-state index in [2.05, 4.69) is 0 Å². The van der Waals surface area contributed by atoms with Crippen molar-refractivity contribution >= 4 is 11.9 Å². The third-order valence-electron chi connectivity index (χ3n) is 2.35. The number of rotatable bonds is 3. The standard InChI is InChI=1S/C10H10N2O4/c13-6-7-1-2-11(4-7)12-5-8(10(15)16)3-9(12)14/h1-4,13H,5-6H2,(H,15,16). The molecule has 0 unspecified atom stereocenters. The second kappa shape index (κ2) is 3.82. The molecule has 0 radical (unpaired) electrons. The molecule has 2 rings (SSSR count). The summed E-state index contributed by atoms with van der Waals surface area (Å²) in [6, 6.07) is 1.66. The van der Waals surface area contributed by atoms with Crippen LogP contribution in [0, 0.1) is 0 Å². The largest absolute Gasteiger partial charge is 0.478 e. The minimum atomic E-state index is -1.09. The average molecular weight is 222 g/mol. The van der Waals surface area contributed by atoms with Crippen molar-refractivity contribution in [1.29, 1.82) is 0 Å². The monoisotopic (exact) mass is 222 g/mol. The van der Waals surface area contributed by atoms with E-state index in [-0.39, 0.29) is 24.6 Å². The maximum atomic E-state index is 11.5. The van der Waals surface area contributed by atoms with E-state index in [4.69, 9.17) is 10.2 Å². The van der Waals surface area contributed by atoms with Gasteiger partial charge in [0.15, 0.2) is 0 Å². The Balaban J connectivity index is 2.20. The van der Waals surface area contributed by atoms with Crippen molar-refractivity contribution < 1.29 is 19.8 Å². The highest BCUT2D eigenvalue weighted by atomic mass is 16.4. The molecule has 6 nitrogen and oxygen atoms in total. The molecule has 0 aromatic carbocycles. The maximum Gasteiger partial charge on any atom is 0.333 e. The number of aromatic nitrogens is 1. The number of aliphatic carboxylic acids is 1. The number of nitrogens with zero attached hydrogens (tertiary/aromatic N) is 2. The molecule has 6 heteroatoms. The molecule has 0 fully saturated rings. The lowest BCUT2D eigenvalue weighted by Gasteiger charge is -2.17. The molecule has 1 aliphatic rings. The fourth-order valence-corrected chi connectivity index (χ4v) is 1.51. The third-order valence-corrected chi connectivity index (χ3v) is 2.35. The van der Waals surface area contributed by atoms with Crippen LogP contribution in [-0.4, -0.2) is 33.3 Å². The second-order valence-corrected chi connectivity index (χ2v) is 3.43. The summed E-state index contributed by atoms with van der Waals surface area (Å²) in [4.78, 5) is 22.2. The Morgan fingerprint density at radius 3 is 2.75 bits per heavy atom. The van der Waals surface area contributed by atoms with Crippen molar-refractivity contribution in [2.75, 3.05) is 11.6 Å². The number of carbonyl (C=O) groups is 2. The molecule has 0 aliphatic carbocycles. The fourth-order valence-electron chi connectivity index (χ4n) is 1.51. The zero-order valence-electron chi connectivity index (χ0n) is 8.33. The first-order chi connectivity index (χ1) is 7.61. The Bertz CT molecular complexity index is 475. The number of carboxylic acids is 1. The number of carboxylic acid groups (broad SMARTS) is 1. The lowest BCUT2D eigenvalue weighted by molar-refractivity contribution is -0.132. The van der Waals surface area contributed by atoms with Gasteiger partial charge in [-0.3, -0.25) is 9.47 Å². The summed E-state index contributed by atoms with van der Waals surface area (Å²) in [5, 5.41) is 18.9. The van der Waals surface area contributed by atoms with Crippen LogP contribution in [0.3, 0.4) is 0 Å². The van der Waals surface area contributed by atoms with Crippen molar-refractivity contribution in [3.63, 3.8) is 0 Å². The predicted octanol–water partition coefficient (Wildman–Crippen LogP) is -0.530. The number of hydrogen-bond acceptors (Lipinski definition) is 3. The Kier molecular flexibility index (Phi) is 2.49. The molecule has 1 aromatic heterocycles. The first-order valence-electron chi connectivity index (χ1n) is 4.65. The quantitative estimate of drug-likeness (QED) is 0.720. The summed E-state index contributed by atoms with van der Waals surface area (Å²) in [5.74, 6) is -1.47. The van der Waals surface area contributed by atoms with Gasteiger partial charge in [-0.1, -0.05) is 0 Å². The van der Waals surface area contributed by atoms with Gasteiger partial charge in [-0.15, -0.1) is 0 Å². The van der Waals surface area contributed by atoms with E-state index in [1.54, 1.807) is 18.5 Å². The Morgan fingerprint density at radius 2 is 2.25 bits per heavy atom. The van der Waals surface area contributed by atoms with Gasteiger partial charge >= 0.3 is 5.97 Å². The van der Waals surface area contributed by atoms with E-state index >= 15 is 0 Å². The highest BCUT2D eigenvalue weighted by Gasteiger charge is 2.26. The van der Waals surface area contributed by atoms with E-state index in [1.807, 2.05) is 0 Å². The summed E-state index contributed by atoms with van der Waals surface area (Å²) in [7, 11) is 0. The molecule has 1 aliphatic heterocycles. The molecule has 0 saturated carbocycles. The van der Waals surface area contributed by atoms with Crippen LogP contribution >= 0.6 is 0 Å². The fraction of sp³-hybridized carbons (Fsp3) is 0.200. The zero-order valence-corrected chi connectivity index (χ0v) is 8.33.